The van der Waals surface area contributed by atoms with Gasteiger partial charge in [-0.2, -0.15) is 0 Å². The molecule has 3 aromatic carbocycles. The Kier molecular flexibility index (Phi) is 9.44. The van der Waals surface area contributed by atoms with Crippen molar-refractivity contribution in [2.24, 2.45) is 0 Å². The molecular formula is C36H37NO12. The number of phenolic OH excluding ortho intramolecular Hbond substituents is 1. The number of hydrogen-bond donors (Lipinski definition) is 7. The molecule has 0 radical (unpaired) electrons. The first-order chi connectivity index (χ1) is 23.3. The zero-order chi connectivity index (χ0) is 35.2. The average molecular weight is 676 g/mol. The summed E-state index contributed by atoms with van der Waals surface area (Å²) < 4.78 is 17.0. The van der Waals surface area contributed by atoms with Gasteiger partial charge in [-0.05, 0) is 68.1 Å². The van der Waals surface area contributed by atoms with Crippen molar-refractivity contribution in [2.45, 2.75) is 69.6 Å². The van der Waals surface area contributed by atoms with Crippen LogP contribution in [0, 0.1) is 0 Å². The second kappa shape index (κ2) is 13.4. The number of carbonyl (C=O) groups excluding carboxylic acids is 3. The van der Waals surface area contributed by atoms with Gasteiger partial charge in [0.2, 0.25) is 12.1 Å². The van der Waals surface area contributed by atoms with Crippen molar-refractivity contribution in [3.05, 3.63) is 87.0 Å². The van der Waals surface area contributed by atoms with Gasteiger partial charge in [0.05, 0.1) is 18.3 Å². The number of benzene rings is 3. The molecule has 13 nitrogen and oxygen atoms in total. The zero-order valence-corrected chi connectivity index (χ0v) is 26.8. The molecule has 1 aliphatic carbocycles. The standard InChI is InChI=1S/C36H37NO12/c1-17-33(43)36(45,46)34(44)35(47-17)49-25-15-23-29(31(41)26(25)20-10-12-37-13-11-20)32(42)27-21(16-38)14-24(48-18(2)39)22(28(27)30(23)40)9-8-19-6-4-3-5-7-19/h3-9,14-15,17,20,33-35,37-38,41,43-46H,10-13,16H2,1-2H3. The van der Waals surface area contributed by atoms with Crippen molar-refractivity contribution in [1.29, 1.82) is 0 Å². The number of phenols is 1. The van der Waals surface area contributed by atoms with E-state index in [0.717, 1.165) is 5.56 Å². The van der Waals surface area contributed by atoms with Gasteiger partial charge in [0, 0.05) is 34.7 Å². The van der Waals surface area contributed by atoms with E-state index < -0.39 is 66.2 Å². The van der Waals surface area contributed by atoms with E-state index in [1.807, 2.05) is 6.07 Å². The minimum atomic E-state index is -3.02. The Bertz CT molecular complexity index is 1830. The van der Waals surface area contributed by atoms with Crippen LogP contribution in [0.15, 0.2) is 42.5 Å². The molecule has 2 fully saturated rings. The Balaban J connectivity index is 1.56. The molecular weight excluding hydrogens is 638 g/mol. The van der Waals surface area contributed by atoms with Crippen LogP contribution < -0.4 is 14.8 Å². The first-order valence-corrected chi connectivity index (χ1v) is 15.9. The summed E-state index contributed by atoms with van der Waals surface area (Å²) in [5, 5.41) is 67.3. The van der Waals surface area contributed by atoms with Gasteiger partial charge in [-0.1, -0.05) is 36.4 Å². The molecule has 13 heteroatoms. The number of fused-ring (bicyclic) bond motifs is 2. The van der Waals surface area contributed by atoms with Gasteiger partial charge in [0.1, 0.15) is 23.4 Å². The second-order valence-corrected chi connectivity index (χ2v) is 12.4. The number of hydrogen-bond acceptors (Lipinski definition) is 13. The van der Waals surface area contributed by atoms with E-state index in [9.17, 15) is 45.0 Å². The summed E-state index contributed by atoms with van der Waals surface area (Å²) in [6.45, 7) is 2.94. The molecule has 4 unspecified atom stereocenters. The minimum Gasteiger partial charge on any atom is -0.507 e. The summed E-state index contributed by atoms with van der Waals surface area (Å²) in [5.74, 6) is -6.42. The lowest BCUT2D eigenvalue weighted by molar-refractivity contribution is -0.371. The maximum absolute atomic E-state index is 14.6. The van der Waals surface area contributed by atoms with Gasteiger partial charge in [-0.15, -0.1) is 0 Å². The van der Waals surface area contributed by atoms with E-state index in [1.54, 1.807) is 30.3 Å². The Hall–Kier alpha value is -4.47. The molecule has 4 atom stereocenters. The molecule has 3 aromatic rings. The molecule has 0 aromatic heterocycles. The van der Waals surface area contributed by atoms with Crippen LogP contribution in [0.2, 0.25) is 0 Å². The molecule has 3 aliphatic rings. The molecule has 2 saturated heterocycles. The van der Waals surface area contributed by atoms with E-state index in [4.69, 9.17) is 14.2 Å². The highest BCUT2D eigenvalue weighted by Gasteiger charge is 2.54. The number of aliphatic hydroxyl groups is 5. The Labute approximate surface area is 281 Å². The lowest BCUT2D eigenvalue weighted by Crippen LogP contribution is -2.67. The van der Waals surface area contributed by atoms with Gasteiger partial charge in [-0.3, -0.25) is 14.4 Å². The van der Waals surface area contributed by atoms with Crippen LogP contribution in [0.1, 0.15) is 86.7 Å². The highest BCUT2D eigenvalue weighted by Crippen LogP contribution is 2.48. The molecule has 258 valence electrons. The Morgan fingerprint density at radius 1 is 0.980 bits per heavy atom. The summed E-state index contributed by atoms with van der Waals surface area (Å²) >= 11 is 0. The fourth-order valence-corrected chi connectivity index (χ4v) is 6.72. The third-order valence-corrected chi connectivity index (χ3v) is 9.22. The minimum absolute atomic E-state index is 0.00348. The van der Waals surface area contributed by atoms with E-state index in [1.165, 1.54) is 32.1 Å². The molecule has 0 spiro atoms. The lowest BCUT2D eigenvalue weighted by atomic mass is 9.76. The molecule has 2 aliphatic heterocycles. The third kappa shape index (κ3) is 6.15. The van der Waals surface area contributed by atoms with E-state index in [2.05, 4.69) is 5.32 Å². The van der Waals surface area contributed by atoms with Crippen molar-refractivity contribution >= 4 is 29.7 Å². The molecule has 6 rings (SSSR count). The number of piperidine rings is 1. The maximum Gasteiger partial charge on any atom is 0.308 e. The molecule has 7 N–H and O–H groups in total. The molecule has 0 bridgehead atoms. The predicted molar refractivity (Wildman–Crippen MR) is 173 cm³/mol. The lowest BCUT2D eigenvalue weighted by Gasteiger charge is -2.44. The number of rotatable bonds is 7. The zero-order valence-electron chi connectivity index (χ0n) is 26.8. The highest BCUT2D eigenvalue weighted by atomic mass is 16.7. The van der Waals surface area contributed by atoms with E-state index in [0.29, 0.717) is 25.9 Å². The normalized spacial score (nSPS) is 23.7. The van der Waals surface area contributed by atoms with E-state index in [-0.39, 0.29) is 50.4 Å². The highest BCUT2D eigenvalue weighted by molar-refractivity contribution is 6.31. The number of aromatic hydroxyl groups is 1. The number of carbonyl (C=O) groups is 3. The summed E-state index contributed by atoms with van der Waals surface area (Å²) in [4.78, 5) is 41.1. The number of ether oxygens (including phenoxy) is 3. The number of esters is 1. The first kappa shape index (κ1) is 34.4. The predicted octanol–water partition coefficient (Wildman–Crippen LogP) is 1.75. The average Bonchev–Trinajstić information content (AvgIpc) is 3.08. The summed E-state index contributed by atoms with van der Waals surface area (Å²) in [7, 11) is 0. The summed E-state index contributed by atoms with van der Waals surface area (Å²) in [5.41, 5.74) is 0.0264. The number of aliphatic hydroxyl groups excluding tert-OH is 3. The molecule has 49 heavy (non-hydrogen) atoms. The van der Waals surface area contributed by atoms with Crippen molar-refractivity contribution in [1.82, 2.24) is 5.32 Å². The second-order valence-electron chi connectivity index (χ2n) is 12.4. The van der Waals surface area contributed by atoms with Gasteiger partial charge < -0.3 is 50.2 Å². The Morgan fingerprint density at radius 3 is 2.33 bits per heavy atom. The fraction of sp³-hybridized carbons (Fsp3) is 0.361. The van der Waals surface area contributed by atoms with Crippen LogP contribution in [0.25, 0.3) is 12.2 Å². The van der Waals surface area contributed by atoms with Crippen LogP contribution in [0.4, 0.5) is 0 Å². The van der Waals surface area contributed by atoms with Gasteiger partial charge >= 0.3 is 5.97 Å². The van der Waals surface area contributed by atoms with Gasteiger partial charge in [0.25, 0.3) is 0 Å². The van der Waals surface area contributed by atoms with Crippen LogP contribution in [0.3, 0.4) is 0 Å². The third-order valence-electron chi connectivity index (χ3n) is 9.22. The van der Waals surface area contributed by atoms with Crippen molar-refractivity contribution in [3.63, 3.8) is 0 Å². The first-order valence-electron chi connectivity index (χ1n) is 15.9. The largest absolute Gasteiger partial charge is 0.507 e. The quantitative estimate of drug-likeness (QED) is 0.0645. The Morgan fingerprint density at radius 2 is 1.67 bits per heavy atom. The van der Waals surface area contributed by atoms with Crippen LogP contribution in [-0.4, -0.2) is 91.7 Å². The number of nitrogens with one attached hydrogen (secondary N) is 1. The molecule has 0 saturated carbocycles. The topological polar surface area (TPSA) is 212 Å². The fourth-order valence-electron chi connectivity index (χ4n) is 6.72. The van der Waals surface area contributed by atoms with Gasteiger partial charge in [-0.25, -0.2) is 0 Å². The van der Waals surface area contributed by atoms with Crippen LogP contribution in [0.5, 0.6) is 17.2 Å². The monoisotopic (exact) mass is 675 g/mol. The SMILES string of the molecule is CC(=O)Oc1cc(CO)c2c(c1C=Cc1ccccc1)C(=O)c1cc(OC3OC(C)C(O)C(O)(O)C3O)c(C3CCNCC3)c(O)c1C2=O. The van der Waals surface area contributed by atoms with Crippen LogP contribution >= 0.6 is 0 Å². The molecule has 2 heterocycles. The summed E-state index contributed by atoms with van der Waals surface area (Å²) in [6, 6.07) is 11.6. The van der Waals surface area contributed by atoms with Crippen molar-refractivity contribution in [2.75, 3.05) is 13.1 Å². The number of ketones is 2. The molecule has 0 amide bonds. The van der Waals surface area contributed by atoms with Crippen molar-refractivity contribution in [3.8, 4) is 17.2 Å². The van der Waals surface area contributed by atoms with E-state index >= 15 is 0 Å². The maximum atomic E-state index is 14.6. The van der Waals surface area contributed by atoms with Gasteiger partial charge in [0.15, 0.2) is 17.7 Å². The smallest absolute Gasteiger partial charge is 0.308 e. The summed E-state index contributed by atoms with van der Waals surface area (Å²) in [6.07, 6.45) is -2.86. The van der Waals surface area contributed by atoms with Crippen molar-refractivity contribution < 1.29 is 59.2 Å². The van der Waals surface area contributed by atoms with Crippen LogP contribution in [-0.2, 0) is 16.1 Å².